The van der Waals surface area contributed by atoms with Gasteiger partial charge in [0.05, 0.1) is 34.8 Å². The zero-order chi connectivity index (χ0) is 29.8. The van der Waals surface area contributed by atoms with Gasteiger partial charge in [-0.3, -0.25) is 9.89 Å². The molecule has 1 fully saturated rings. The van der Waals surface area contributed by atoms with Crippen molar-refractivity contribution in [3.8, 4) is 28.5 Å². The average Bonchev–Trinajstić information content (AvgIpc) is 3.71. The molecule has 5 aromatic rings. The maximum absolute atomic E-state index is 15.5. The number of alkyl halides is 2. The second-order valence-electron chi connectivity index (χ2n) is 10.6. The van der Waals surface area contributed by atoms with Crippen molar-refractivity contribution >= 4 is 16.9 Å². The maximum atomic E-state index is 15.5. The smallest absolute Gasteiger partial charge is 0.387 e. The third-order valence-corrected chi connectivity index (χ3v) is 8.22. The number of H-pyrrole nitrogens is 1. The van der Waals surface area contributed by atoms with Gasteiger partial charge in [-0.05, 0) is 67.3 Å². The number of aromatic nitrogens is 5. The van der Waals surface area contributed by atoms with Gasteiger partial charge in [0.25, 0.3) is 5.91 Å². The number of hydrogen-bond acceptors (Lipinski definition) is 6. The standard InChI is InChI=1S/C30H24F4N6O3/c31-17-9-7-16-13-39(29(42)18(16)12-17)21-4-2-5-22(26(21)41)40-23-11-15(27-35-14-36-38-27)8-10-20(23)37-28(40)25-19(32)3-1-6-24(25)43-30(33)34/h1,3,6-12,14,21-22,26,30,41H,2,4-5,13H2,(H,35,36,38)/t21-,22+,26+/m0/s1. The first-order valence-corrected chi connectivity index (χ1v) is 13.7. The largest absolute Gasteiger partial charge is 0.434 e. The van der Waals surface area contributed by atoms with Crippen LogP contribution in [-0.4, -0.2) is 59.4 Å². The minimum Gasteiger partial charge on any atom is -0.434 e. The lowest BCUT2D eigenvalue weighted by Gasteiger charge is -2.41. The van der Waals surface area contributed by atoms with E-state index >= 15 is 4.39 Å². The number of nitrogens with one attached hydrogen (secondary N) is 1. The third kappa shape index (κ3) is 4.60. The lowest BCUT2D eigenvalue weighted by Crippen LogP contribution is -2.49. The molecule has 220 valence electrons. The van der Waals surface area contributed by atoms with Crippen molar-refractivity contribution in [2.75, 3.05) is 0 Å². The number of aromatic amines is 1. The molecule has 13 heteroatoms. The fourth-order valence-corrected chi connectivity index (χ4v) is 6.33. The van der Waals surface area contributed by atoms with E-state index in [2.05, 4.69) is 20.2 Å². The Labute approximate surface area is 241 Å². The van der Waals surface area contributed by atoms with Gasteiger partial charge in [0.1, 0.15) is 29.5 Å². The van der Waals surface area contributed by atoms with Crippen LogP contribution in [-0.2, 0) is 6.54 Å². The van der Waals surface area contributed by atoms with Gasteiger partial charge < -0.3 is 19.3 Å². The van der Waals surface area contributed by atoms with E-state index in [-0.39, 0.29) is 29.4 Å². The highest BCUT2D eigenvalue weighted by molar-refractivity contribution is 5.98. The zero-order valence-electron chi connectivity index (χ0n) is 22.4. The lowest BCUT2D eigenvalue weighted by molar-refractivity contribution is -0.0496. The van der Waals surface area contributed by atoms with E-state index in [4.69, 9.17) is 4.74 Å². The number of hydrogen-bond donors (Lipinski definition) is 2. The van der Waals surface area contributed by atoms with Crippen LogP contribution in [0.2, 0.25) is 0 Å². The molecule has 0 unspecified atom stereocenters. The molecule has 0 saturated heterocycles. The number of fused-ring (bicyclic) bond motifs is 2. The molecule has 1 aliphatic heterocycles. The Morgan fingerprint density at radius 3 is 2.67 bits per heavy atom. The molecule has 1 amide bonds. The number of aliphatic hydroxyl groups is 1. The Bertz CT molecular complexity index is 1840. The summed E-state index contributed by atoms with van der Waals surface area (Å²) in [6.45, 7) is -3.01. The first-order chi connectivity index (χ1) is 20.8. The van der Waals surface area contributed by atoms with Gasteiger partial charge in [0.2, 0.25) is 0 Å². The number of carbonyl (C=O) groups is 1. The molecular weight excluding hydrogens is 568 g/mol. The Kier molecular flexibility index (Phi) is 6.61. The Hall–Kier alpha value is -4.78. The van der Waals surface area contributed by atoms with E-state index in [1.165, 1.54) is 35.5 Å². The minimum absolute atomic E-state index is 0.0127. The van der Waals surface area contributed by atoms with Crippen molar-refractivity contribution < 1.29 is 32.2 Å². The number of ether oxygens (including phenoxy) is 1. The van der Waals surface area contributed by atoms with E-state index in [9.17, 15) is 23.1 Å². The van der Waals surface area contributed by atoms with Gasteiger partial charge in [0, 0.05) is 17.7 Å². The van der Waals surface area contributed by atoms with Crippen molar-refractivity contribution in [3.05, 3.63) is 83.7 Å². The number of aliphatic hydroxyl groups excluding tert-OH is 1. The Morgan fingerprint density at radius 2 is 1.88 bits per heavy atom. The normalized spacial score (nSPS) is 20.3. The van der Waals surface area contributed by atoms with Gasteiger partial charge in [-0.2, -0.15) is 13.9 Å². The fourth-order valence-electron chi connectivity index (χ4n) is 6.33. The van der Waals surface area contributed by atoms with Crippen LogP contribution in [0.1, 0.15) is 41.2 Å². The summed E-state index contributed by atoms with van der Waals surface area (Å²) < 4.78 is 62.5. The molecule has 1 aliphatic carbocycles. The molecule has 7 rings (SSSR count). The highest BCUT2D eigenvalue weighted by atomic mass is 19.3. The lowest BCUT2D eigenvalue weighted by atomic mass is 9.86. The van der Waals surface area contributed by atoms with Crippen molar-refractivity contribution in [1.82, 2.24) is 29.6 Å². The average molecular weight is 593 g/mol. The van der Waals surface area contributed by atoms with E-state index in [0.29, 0.717) is 47.2 Å². The van der Waals surface area contributed by atoms with E-state index in [1.54, 1.807) is 28.8 Å². The molecule has 9 nitrogen and oxygen atoms in total. The van der Waals surface area contributed by atoms with E-state index in [0.717, 1.165) is 6.07 Å². The number of amides is 1. The maximum Gasteiger partial charge on any atom is 0.387 e. The summed E-state index contributed by atoms with van der Waals surface area (Å²) in [5, 5.41) is 18.6. The molecule has 43 heavy (non-hydrogen) atoms. The summed E-state index contributed by atoms with van der Waals surface area (Å²) in [7, 11) is 0. The predicted octanol–water partition coefficient (Wildman–Crippen LogP) is 5.48. The number of carbonyl (C=O) groups excluding carboxylic acids is 1. The van der Waals surface area contributed by atoms with Crippen molar-refractivity contribution in [1.29, 1.82) is 0 Å². The van der Waals surface area contributed by atoms with Crippen LogP contribution in [0.15, 0.2) is 60.9 Å². The molecule has 2 aliphatic rings. The predicted molar refractivity (Wildman–Crippen MR) is 146 cm³/mol. The first kappa shape index (κ1) is 27.1. The quantitative estimate of drug-likeness (QED) is 0.253. The number of imidazole rings is 1. The van der Waals surface area contributed by atoms with Crippen molar-refractivity contribution in [2.24, 2.45) is 0 Å². The third-order valence-electron chi connectivity index (χ3n) is 8.22. The highest BCUT2D eigenvalue weighted by Crippen LogP contribution is 2.43. The number of nitrogens with zero attached hydrogens (tertiary/aromatic N) is 5. The van der Waals surface area contributed by atoms with Crippen LogP contribution < -0.4 is 4.74 Å². The second kappa shape index (κ2) is 10.5. The summed E-state index contributed by atoms with van der Waals surface area (Å²) in [4.78, 5) is 23.7. The highest BCUT2D eigenvalue weighted by Gasteiger charge is 2.43. The summed E-state index contributed by atoms with van der Waals surface area (Å²) in [6, 6.07) is 11.4. The van der Waals surface area contributed by atoms with Crippen LogP contribution in [0.4, 0.5) is 17.6 Å². The van der Waals surface area contributed by atoms with Crippen LogP contribution in [0.5, 0.6) is 5.75 Å². The number of rotatable bonds is 6. The van der Waals surface area contributed by atoms with Gasteiger partial charge >= 0.3 is 6.61 Å². The molecule has 2 N–H and O–H groups in total. The minimum atomic E-state index is -3.21. The Balaban J connectivity index is 1.37. The van der Waals surface area contributed by atoms with Crippen LogP contribution in [0, 0.1) is 11.6 Å². The molecule has 0 bridgehead atoms. The topological polar surface area (TPSA) is 109 Å². The summed E-state index contributed by atoms with van der Waals surface area (Å²) in [6.07, 6.45) is 1.67. The molecular formula is C30H24F4N6O3. The Morgan fingerprint density at radius 1 is 1.05 bits per heavy atom. The zero-order valence-corrected chi connectivity index (χ0v) is 22.4. The first-order valence-electron chi connectivity index (χ1n) is 13.7. The molecule has 3 heterocycles. The summed E-state index contributed by atoms with van der Waals surface area (Å²) in [5.74, 6) is -1.71. The summed E-state index contributed by atoms with van der Waals surface area (Å²) >= 11 is 0. The van der Waals surface area contributed by atoms with Gasteiger partial charge in [-0.15, -0.1) is 0 Å². The molecule has 0 radical (unpaired) electrons. The van der Waals surface area contributed by atoms with E-state index in [1.807, 2.05) is 0 Å². The monoisotopic (exact) mass is 592 g/mol. The van der Waals surface area contributed by atoms with Gasteiger partial charge in [0.15, 0.2) is 5.82 Å². The summed E-state index contributed by atoms with van der Waals surface area (Å²) in [5.41, 5.74) is 2.15. The fraction of sp³-hybridized carbons (Fsp3) is 0.267. The number of benzene rings is 3. The molecule has 1 saturated carbocycles. The van der Waals surface area contributed by atoms with Crippen molar-refractivity contribution in [3.63, 3.8) is 0 Å². The second-order valence-corrected chi connectivity index (χ2v) is 10.6. The number of halogens is 4. The van der Waals surface area contributed by atoms with E-state index < -0.39 is 42.2 Å². The molecule has 3 atom stereocenters. The van der Waals surface area contributed by atoms with Gasteiger partial charge in [-0.25, -0.2) is 18.7 Å². The van der Waals surface area contributed by atoms with Crippen LogP contribution in [0.25, 0.3) is 33.8 Å². The van der Waals surface area contributed by atoms with Crippen LogP contribution in [0.3, 0.4) is 0 Å². The molecule has 2 aromatic heterocycles. The molecule has 0 spiro atoms. The van der Waals surface area contributed by atoms with Crippen LogP contribution >= 0.6 is 0 Å². The SMILES string of the molecule is O=C1c2cc(F)ccc2CN1[C@H]1CCC[C@@H](n2c(-c3c(F)cccc3OC(F)F)nc3ccc(-c4ncn[nH]4)cc32)[C@@H]1O. The van der Waals surface area contributed by atoms with Gasteiger partial charge in [-0.1, -0.05) is 12.1 Å². The molecule has 3 aromatic carbocycles. The van der Waals surface area contributed by atoms with Crippen molar-refractivity contribution in [2.45, 2.75) is 50.6 Å².